The number of amides is 1. The summed E-state index contributed by atoms with van der Waals surface area (Å²) in [4.78, 5) is 14.4. The predicted octanol–water partition coefficient (Wildman–Crippen LogP) is 1.76. The monoisotopic (exact) mass is 316 g/mol. The molecule has 1 aliphatic rings. The predicted molar refractivity (Wildman–Crippen MR) is 85.9 cm³/mol. The summed E-state index contributed by atoms with van der Waals surface area (Å²) < 4.78 is 14.6. The van der Waals surface area contributed by atoms with Gasteiger partial charge in [-0.25, -0.2) is 9.07 Å². The number of piperidine rings is 1. The number of halogens is 1. The molecule has 0 bridgehead atoms. The summed E-state index contributed by atoms with van der Waals surface area (Å²) in [6.45, 7) is 1.99. The van der Waals surface area contributed by atoms with Gasteiger partial charge in [0.2, 0.25) is 5.91 Å². The van der Waals surface area contributed by atoms with Crippen LogP contribution in [0.2, 0.25) is 0 Å². The molecule has 0 unspecified atom stereocenters. The van der Waals surface area contributed by atoms with Crippen molar-refractivity contribution >= 4 is 5.91 Å². The molecule has 1 amide bonds. The van der Waals surface area contributed by atoms with Gasteiger partial charge < -0.3 is 10.2 Å². The molecule has 2 heterocycles. The Hall–Kier alpha value is -2.21. The maximum absolute atomic E-state index is 12.9. The maximum Gasteiger partial charge on any atom is 0.226 e. The number of nitrogens with zero attached hydrogens (tertiary/aromatic N) is 3. The summed E-state index contributed by atoms with van der Waals surface area (Å²) in [5, 5.41) is 7.46. The van der Waals surface area contributed by atoms with E-state index in [1.165, 1.54) is 12.1 Å². The van der Waals surface area contributed by atoms with Crippen molar-refractivity contribution < 1.29 is 9.18 Å². The molecule has 23 heavy (non-hydrogen) atoms. The standard InChI is InChI=1S/C17H21FN4O/c1-21-9-2-3-15(12-21)19-17(23)11-14-8-10-22(20-14)16-6-4-13(18)5-7-16/h4-8,10,15H,2-3,9,11-12H2,1H3,(H,19,23)/t15-/m0/s1. The third-order valence-corrected chi connectivity index (χ3v) is 4.07. The average molecular weight is 316 g/mol. The topological polar surface area (TPSA) is 50.2 Å². The fourth-order valence-corrected chi connectivity index (χ4v) is 2.92. The highest BCUT2D eigenvalue weighted by Gasteiger charge is 2.19. The molecule has 1 N–H and O–H groups in total. The van der Waals surface area contributed by atoms with Crippen LogP contribution in [0.3, 0.4) is 0 Å². The van der Waals surface area contributed by atoms with Crippen molar-refractivity contribution in [3.8, 4) is 5.69 Å². The first-order chi connectivity index (χ1) is 11.1. The Morgan fingerprint density at radius 3 is 2.87 bits per heavy atom. The van der Waals surface area contributed by atoms with Gasteiger partial charge in [-0.05, 0) is 56.8 Å². The first-order valence-electron chi connectivity index (χ1n) is 7.88. The largest absolute Gasteiger partial charge is 0.352 e. The van der Waals surface area contributed by atoms with Crippen LogP contribution in [0.5, 0.6) is 0 Å². The van der Waals surface area contributed by atoms with Crippen LogP contribution >= 0.6 is 0 Å². The summed E-state index contributed by atoms with van der Waals surface area (Å²) in [7, 11) is 2.07. The minimum absolute atomic E-state index is 0.00495. The Bertz CT molecular complexity index is 667. The van der Waals surface area contributed by atoms with Crippen LogP contribution in [0.15, 0.2) is 36.5 Å². The lowest BCUT2D eigenvalue weighted by molar-refractivity contribution is -0.121. The third-order valence-electron chi connectivity index (χ3n) is 4.07. The van der Waals surface area contributed by atoms with E-state index in [1.54, 1.807) is 23.0 Å². The number of hydrogen-bond acceptors (Lipinski definition) is 3. The lowest BCUT2D eigenvalue weighted by Crippen LogP contribution is -2.46. The summed E-state index contributed by atoms with van der Waals surface area (Å²) in [6.07, 6.45) is 4.18. The van der Waals surface area contributed by atoms with Gasteiger partial charge >= 0.3 is 0 Å². The Morgan fingerprint density at radius 1 is 1.35 bits per heavy atom. The molecule has 0 aliphatic carbocycles. The minimum atomic E-state index is -0.280. The van der Waals surface area contributed by atoms with Crippen molar-refractivity contribution in [3.05, 3.63) is 48.0 Å². The molecule has 122 valence electrons. The molecule has 1 fully saturated rings. The van der Waals surface area contributed by atoms with Gasteiger partial charge in [-0.3, -0.25) is 4.79 Å². The Balaban J connectivity index is 1.58. The van der Waals surface area contributed by atoms with Gasteiger partial charge in [0.05, 0.1) is 17.8 Å². The maximum atomic E-state index is 12.9. The van der Waals surface area contributed by atoms with Gasteiger partial charge in [-0.15, -0.1) is 0 Å². The van der Waals surface area contributed by atoms with Crippen LogP contribution in [0.4, 0.5) is 4.39 Å². The number of benzene rings is 1. The van der Waals surface area contributed by atoms with Crippen molar-refractivity contribution in [2.45, 2.75) is 25.3 Å². The van der Waals surface area contributed by atoms with E-state index in [9.17, 15) is 9.18 Å². The second-order valence-electron chi connectivity index (χ2n) is 6.07. The number of likely N-dealkylation sites (tertiary alicyclic amines) is 1. The van der Waals surface area contributed by atoms with Gasteiger partial charge in [0.25, 0.3) is 0 Å². The lowest BCUT2D eigenvalue weighted by atomic mass is 10.1. The number of rotatable bonds is 4. The van der Waals surface area contributed by atoms with Gasteiger partial charge in [-0.1, -0.05) is 0 Å². The molecular weight excluding hydrogens is 295 g/mol. The molecule has 2 aromatic rings. The molecule has 0 radical (unpaired) electrons. The number of nitrogens with one attached hydrogen (secondary N) is 1. The van der Waals surface area contributed by atoms with E-state index in [4.69, 9.17) is 0 Å². The van der Waals surface area contributed by atoms with Crippen molar-refractivity contribution in [3.63, 3.8) is 0 Å². The molecule has 6 heteroatoms. The molecular formula is C17H21FN4O. The summed E-state index contributed by atoms with van der Waals surface area (Å²) in [6, 6.07) is 8.14. The van der Waals surface area contributed by atoms with Crippen LogP contribution in [0.25, 0.3) is 5.69 Å². The molecule has 0 saturated carbocycles. The Morgan fingerprint density at radius 2 is 2.13 bits per heavy atom. The van der Waals surface area contributed by atoms with Crippen molar-refractivity contribution in [1.29, 1.82) is 0 Å². The summed E-state index contributed by atoms with van der Waals surface area (Å²) in [5.74, 6) is -0.285. The zero-order chi connectivity index (χ0) is 16.2. The number of aromatic nitrogens is 2. The molecule has 0 spiro atoms. The second-order valence-corrected chi connectivity index (χ2v) is 6.07. The van der Waals surface area contributed by atoms with E-state index in [-0.39, 0.29) is 24.2 Å². The average Bonchev–Trinajstić information content (AvgIpc) is 2.96. The van der Waals surface area contributed by atoms with Crippen molar-refractivity contribution in [2.24, 2.45) is 0 Å². The number of carbonyl (C=O) groups excluding carboxylic acids is 1. The van der Waals surface area contributed by atoms with Gasteiger partial charge in [0.15, 0.2) is 0 Å². The van der Waals surface area contributed by atoms with Crippen molar-refractivity contribution in [2.75, 3.05) is 20.1 Å². The first kappa shape index (κ1) is 15.7. The first-order valence-corrected chi connectivity index (χ1v) is 7.88. The minimum Gasteiger partial charge on any atom is -0.352 e. The molecule has 1 aromatic heterocycles. The fourth-order valence-electron chi connectivity index (χ4n) is 2.92. The Labute approximate surface area is 135 Å². The van der Waals surface area contributed by atoms with E-state index in [0.29, 0.717) is 5.69 Å². The number of likely N-dealkylation sites (N-methyl/N-ethyl adjacent to an activating group) is 1. The highest BCUT2D eigenvalue weighted by molar-refractivity contribution is 5.78. The van der Waals surface area contributed by atoms with E-state index in [0.717, 1.165) is 31.6 Å². The molecule has 1 aliphatic heterocycles. The molecule has 1 atom stereocenters. The van der Waals surface area contributed by atoms with Crippen molar-refractivity contribution in [1.82, 2.24) is 20.0 Å². The molecule has 3 rings (SSSR count). The van der Waals surface area contributed by atoms with E-state index in [2.05, 4.69) is 22.4 Å². The zero-order valence-electron chi connectivity index (χ0n) is 13.2. The SMILES string of the molecule is CN1CCC[C@H](NC(=O)Cc2ccn(-c3ccc(F)cc3)n2)C1. The number of hydrogen-bond donors (Lipinski definition) is 1. The van der Waals surface area contributed by atoms with Crippen LogP contribution in [-0.4, -0.2) is 46.8 Å². The quantitative estimate of drug-likeness (QED) is 0.935. The highest BCUT2D eigenvalue weighted by Crippen LogP contribution is 2.10. The van der Waals surface area contributed by atoms with Crippen LogP contribution in [0, 0.1) is 5.82 Å². The second kappa shape index (κ2) is 6.91. The Kier molecular flexibility index (Phi) is 4.71. The molecule has 1 aromatic carbocycles. The van der Waals surface area contributed by atoms with Gasteiger partial charge in [-0.2, -0.15) is 5.10 Å². The van der Waals surface area contributed by atoms with E-state index >= 15 is 0 Å². The summed E-state index contributed by atoms with van der Waals surface area (Å²) in [5.41, 5.74) is 1.47. The lowest BCUT2D eigenvalue weighted by Gasteiger charge is -2.30. The molecule has 5 nitrogen and oxygen atoms in total. The van der Waals surface area contributed by atoms with Crippen LogP contribution in [-0.2, 0) is 11.2 Å². The normalized spacial score (nSPS) is 18.8. The molecule has 1 saturated heterocycles. The van der Waals surface area contributed by atoms with E-state index < -0.39 is 0 Å². The smallest absolute Gasteiger partial charge is 0.226 e. The highest BCUT2D eigenvalue weighted by atomic mass is 19.1. The third kappa shape index (κ3) is 4.16. The van der Waals surface area contributed by atoms with Crippen LogP contribution in [0.1, 0.15) is 18.5 Å². The van der Waals surface area contributed by atoms with Gasteiger partial charge in [0.1, 0.15) is 5.82 Å². The van der Waals surface area contributed by atoms with Crippen LogP contribution < -0.4 is 5.32 Å². The zero-order valence-corrected chi connectivity index (χ0v) is 13.2. The fraction of sp³-hybridized carbons (Fsp3) is 0.412. The van der Waals surface area contributed by atoms with Gasteiger partial charge in [0, 0.05) is 18.8 Å². The van der Waals surface area contributed by atoms with E-state index in [1.807, 2.05) is 6.07 Å². The summed E-state index contributed by atoms with van der Waals surface area (Å²) >= 11 is 0. The number of carbonyl (C=O) groups is 1.